The van der Waals surface area contributed by atoms with Crippen molar-refractivity contribution in [3.63, 3.8) is 0 Å². The monoisotopic (exact) mass is 300 g/mol. The number of carbonyl (C=O) groups excluding carboxylic acids is 2. The summed E-state index contributed by atoms with van der Waals surface area (Å²) in [5, 5.41) is 20.9. The number of hydrogen-bond donors (Lipinski definition) is 1. The Hall–Kier alpha value is -0.680. The van der Waals surface area contributed by atoms with Crippen molar-refractivity contribution in [2.45, 2.75) is 51.0 Å². The summed E-state index contributed by atoms with van der Waals surface area (Å²) in [7, 11) is 0. The van der Waals surface area contributed by atoms with E-state index in [1.54, 1.807) is 0 Å². The van der Waals surface area contributed by atoms with Gasteiger partial charge in [0.05, 0.1) is 5.60 Å². The fourth-order valence-electron chi connectivity index (χ4n) is 2.38. The van der Waals surface area contributed by atoms with Gasteiger partial charge >= 0.3 is 29.6 Å². The number of rotatable bonds is 9. The molecule has 0 amide bonds. The molecule has 110 valence electrons. The Morgan fingerprint density at radius 3 is 2.33 bits per heavy atom. The van der Waals surface area contributed by atoms with E-state index >= 15 is 0 Å². The Balaban J connectivity index is 0.00000400. The Labute approximate surface area is 147 Å². The molecular formula is C16H21NaO4. The first-order chi connectivity index (χ1) is 9.45. The van der Waals surface area contributed by atoms with Gasteiger partial charge in [0.25, 0.3) is 0 Å². The number of aryl methyl sites for hydroxylation is 1. The number of carboxylic acid groups (broad SMARTS) is 1. The second-order valence-electron chi connectivity index (χ2n) is 5.22. The van der Waals surface area contributed by atoms with Crippen LogP contribution >= 0.6 is 0 Å². The van der Waals surface area contributed by atoms with Crippen LogP contribution in [0.3, 0.4) is 0 Å². The molecule has 21 heavy (non-hydrogen) atoms. The second-order valence-corrected chi connectivity index (χ2v) is 5.22. The fraction of sp³-hybridized carbons (Fsp3) is 0.500. The Kier molecular flexibility index (Phi) is 9.79. The molecule has 1 N–H and O–H groups in total. The van der Waals surface area contributed by atoms with Crippen LogP contribution in [0.15, 0.2) is 30.3 Å². The largest absolute Gasteiger partial charge is 1.00 e. The predicted molar refractivity (Wildman–Crippen MR) is 73.9 cm³/mol. The van der Waals surface area contributed by atoms with E-state index in [-0.39, 0.29) is 36.0 Å². The number of aliphatic carboxylic acids is 1. The molecule has 1 rings (SSSR count). The maximum absolute atomic E-state index is 11.6. The summed E-state index contributed by atoms with van der Waals surface area (Å²) in [6.07, 6.45) is 1.58. The van der Waals surface area contributed by atoms with E-state index < -0.39 is 23.8 Å². The zero-order valence-electron chi connectivity index (χ0n) is 12.8. The van der Waals surface area contributed by atoms with Crippen LogP contribution < -0.4 is 34.7 Å². The number of hydrogen-bond acceptors (Lipinski definition) is 4. The molecule has 0 unspecified atom stereocenters. The van der Waals surface area contributed by atoms with Crippen molar-refractivity contribution in [2.75, 3.05) is 0 Å². The number of benzene rings is 1. The van der Waals surface area contributed by atoms with Gasteiger partial charge in [-0.1, -0.05) is 43.7 Å². The molecule has 1 aromatic rings. The molecule has 0 bridgehead atoms. The summed E-state index contributed by atoms with van der Waals surface area (Å²) < 4.78 is 0. The summed E-state index contributed by atoms with van der Waals surface area (Å²) >= 11 is 0. The van der Waals surface area contributed by atoms with Crippen LogP contribution in [-0.4, -0.2) is 22.5 Å². The third-order valence-corrected chi connectivity index (χ3v) is 3.30. The SMILES string of the molecule is CCC[C@@](O)(CCc1ccccc1)CC(=O)CC(=O)[O-].[Na+]. The third-order valence-electron chi connectivity index (χ3n) is 3.30. The van der Waals surface area contributed by atoms with Gasteiger partial charge in [0.15, 0.2) is 0 Å². The number of aliphatic hydroxyl groups is 1. The van der Waals surface area contributed by atoms with Crippen molar-refractivity contribution >= 4 is 11.8 Å². The van der Waals surface area contributed by atoms with Crippen LogP contribution in [0.2, 0.25) is 0 Å². The van der Waals surface area contributed by atoms with Crippen molar-refractivity contribution in [2.24, 2.45) is 0 Å². The van der Waals surface area contributed by atoms with Crippen molar-refractivity contribution in [1.29, 1.82) is 0 Å². The zero-order chi connectivity index (χ0) is 15.0. The average molecular weight is 300 g/mol. The minimum Gasteiger partial charge on any atom is -0.550 e. The number of carboxylic acids is 1. The van der Waals surface area contributed by atoms with Crippen molar-refractivity contribution < 1.29 is 49.4 Å². The molecule has 0 fully saturated rings. The van der Waals surface area contributed by atoms with E-state index in [1.165, 1.54) is 0 Å². The van der Waals surface area contributed by atoms with Gasteiger partial charge in [-0.25, -0.2) is 0 Å². The van der Waals surface area contributed by atoms with Crippen molar-refractivity contribution in [1.82, 2.24) is 0 Å². The maximum Gasteiger partial charge on any atom is 1.00 e. The number of carbonyl (C=O) groups is 2. The minimum atomic E-state index is -1.39. The summed E-state index contributed by atoms with van der Waals surface area (Å²) in [5.74, 6) is -1.87. The molecule has 0 spiro atoms. The van der Waals surface area contributed by atoms with Crippen LogP contribution in [-0.2, 0) is 16.0 Å². The minimum absolute atomic E-state index is 0. The van der Waals surface area contributed by atoms with Crippen molar-refractivity contribution in [3.8, 4) is 0 Å². The molecule has 0 aliphatic carbocycles. The van der Waals surface area contributed by atoms with E-state index in [2.05, 4.69) is 0 Å². The quantitative estimate of drug-likeness (QED) is 0.433. The van der Waals surface area contributed by atoms with Gasteiger partial charge in [-0.3, -0.25) is 4.79 Å². The van der Waals surface area contributed by atoms with Gasteiger partial charge < -0.3 is 15.0 Å². The third kappa shape index (κ3) is 8.37. The molecule has 0 saturated heterocycles. The number of Topliss-reactive ketones (excluding diaryl/α,β-unsaturated/α-hetero) is 1. The first-order valence-electron chi connectivity index (χ1n) is 6.93. The molecule has 0 aliphatic heterocycles. The molecule has 5 heteroatoms. The second kappa shape index (κ2) is 10.1. The van der Waals surface area contributed by atoms with E-state index in [1.807, 2.05) is 37.3 Å². The topological polar surface area (TPSA) is 77.4 Å². The van der Waals surface area contributed by atoms with Crippen LogP contribution in [0, 0.1) is 0 Å². The molecule has 0 saturated carbocycles. The first-order valence-corrected chi connectivity index (χ1v) is 6.93. The maximum atomic E-state index is 11.6. The van der Waals surface area contributed by atoms with Crippen LogP contribution in [0.4, 0.5) is 0 Å². The van der Waals surface area contributed by atoms with E-state index in [0.29, 0.717) is 19.3 Å². The number of ketones is 1. The molecule has 4 nitrogen and oxygen atoms in total. The van der Waals surface area contributed by atoms with Gasteiger partial charge in [-0.2, -0.15) is 0 Å². The fourth-order valence-corrected chi connectivity index (χ4v) is 2.38. The Bertz CT molecular complexity index is 447. The van der Waals surface area contributed by atoms with E-state index in [9.17, 15) is 19.8 Å². The molecular weight excluding hydrogens is 279 g/mol. The van der Waals surface area contributed by atoms with Gasteiger partial charge in [-0.05, 0) is 24.8 Å². The molecule has 1 aromatic carbocycles. The summed E-state index contributed by atoms with van der Waals surface area (Å²) in [6, 6.07) is 9.71. The standard InChI is InChI=1S/C16H22O4.Na/c1-2-9-16(20,12-14(17)11-15(18)19)10-8-13-6-4-3-5-7-13;/h3-7,20H,2,8-12H2,1H3,(H,18,19);/q;+1/p-1/t16-;/m1./s1. The molecule has 0 heterocycles. The van der Waals surface area contributed by atoms with Crippen LogP contribution in [0.5, 0.6) is 0 Å². The van der Waals surface area contributed by atoms with E-state index in [0.717, 1.165) is 12.0 Å². The summed E-state index contributed by atoms with van der Waals surface area (Å²) in [6.45, 7) is 1.93. The van der Waals surface area contributed by atoms with E-state index in [4.69, 9.17) is 0 Å². The van der Waals surface area contributed by atoms with Crippen LogP contribution in [0.25, 0.3) is 0 Å². The average Bonchev–Trinajstić information content (AvgIpc) is 2.37. The Morgan fingerprint density at radius 1 is 1.19 bits per heavy atom. The summed E-state index contributed by atoms with van der Waals surface area (Å²) in [5.41, 5.74) is -0.0358. The molecule has 1 atom stereocenters. The predicted octanol–water partition coefficient (Wildman–Crippen LogP) is -1.75. The van der Waals surface area contributed by atoms with Gasteiger partial charge in [0.2, 0.25) is 0 Å². The zero-order valence-corrected chi connectivity index (χ0v) is 14.8. The normalized spacial score (nSPS) is 13.0. The van der Waals surface area contributed by atoms with Gasteiger partial charge in [-0.15, -0.1) is 0 Å². The summed E-state index contributed by atoms with van der Waals surface area (Å²) in [4.78, 5) is 22.0. The van der Waals surface area contributed by atoms with Crippen molar-refractivity contribution in [3.05, 3.63) is 35.9 Å². The van der Waals surface area contributed by atoms with Gasteiger partial charge in [0.1, 0.15) is 5.78 Å². The Morgan fingerprint density at radius 2 is 1.81 bits per heavy atom. The molecule has 0 aromatic heterocycles. The smallest absolute Gasteiger partial charge is 0.550 e. The molecule has 0 radical (unpaired) electrons. The van der Waals surface area contributed by atoms with Gasteiger partial charge in [0, 0.05) is 18.8 Å². The molecule has 0 aliphatic rings. The first kappa shape index (κ1) is 20.3. The van der Waals surface area contributed by atoms with Crippen LogP contribution in [0.1, 0.15) is 44.6 Å².